The SMILES string of the molecule is CCCCCCC(NCCC)c1sc(C)cc1C. The van der Waals surface area contributed by atoms with Gasteiger partial charge in [-0.05, 0) is 44.9 Å². The van der Waals surface area contributed by atoms with E-state index in [1.807, 2.05) is 11.3 Å². The van der Waals surface area contributed by atoms with E-state index >= 15 is 0 Å². The highest BCUT2D eigenvalue weighted by atomic mass is 32.1. The van der Waals surface area contributed by atoms with Gasteiger partial charge in [-0.2, -0.15) is 0 Å². The maximum absolute atomic E-state index is 3.73. The zero-order valence-electron chi connectivity index (χ0n) is 12.5. The van der Waals surface area contributed by atoms with Gasteiger partial charge in [0.05, 0.1) is 0 Å². The number of hydrogen-bond acceptors (Lipinski definition) is 2. The molecule has 0 aliphatic rings. The summed E-state index contributed by atoms with van der Waals surface area (Å²) >= 11 is 1.97. The van der Waals surface area contributed by atoms with Crippen LogP contribution >= 0.6 is 11.3 Å². The molecule has 1 heterocycles. The summed E-state index contributed by atoms with van der Waals surface area (Å²) in [6, 6.07) is 2.91. The van der Waals surface area contributed by atoms with Crippen LogP contribution in [0.5, 0.6) is 0 Å². The largest absolute Gasteiger partial charge is 0.309 e. The molecular formula is C16H29NS. The Labute approximate surface area is 117 Å². The summed E-state index contributed by atoms with van der Waals surface area (Å²) in [6.07, 6.45) is 7.94. The Bertz CT molecular complexity index is 330. The molecule has 18 heavy (non-hydrogen) atoms. The predicted molar refractivity (Wildman–Crippen MR) is 83.6 cm³/mol. The molecule has 0 bridgehead atoms. The molecule has 0 aliphatic carbocycles. The van der Waals surface area contributed by atoms with Crippen molar-refractivity contribution in [1.29, 1.82) is 0 Å². The van der Waals surface area contributed by atoms with Crippen molar-refractivity contribution < 1.29 is 0 Å². The third kappa shape index (κ3) is 5.11. The van der Waals surface area contributed by atoms with Crippen LogP contribution in [0.15, 0.2) is 6.07 Å². The Hall–Kier alpha value is -0.340. The molecule has 0 aromatic carbocycles. The monoisotopic (exact) mass is 267 g/mol. The molecule has 0 saturated heterocycles. The third-order valence-corrected chi connectivity index (χ3v) is 4.65. The van der Waals surface area contributed by atoms with Gasteiger partial charge in [-0.1, -0.05) is 39.5 Å². The van der Waals surface area contributed by atoms with E-state index in [2.05, 4.69) is 39.1 Å². The first-order valence-corrected chi connectivity index (χ1v) is 8.31. The molecule has 1 aromatic heterocycles. The van der Waals surface area contributed by atoms with E-state index in [9.17, 15) is 0 Å². The summed E-state index contributed by atoms with van der Waals surface area (Å²) in [5.74, 6) is 0. The zero-order chi connectivity index (χ0) is 13.4. The van der Waals surface area contributed by atoms with Gasteiger partial charge in [0.25, 0.3) is 0 Å². The third-order valence-electron chi connectivity index (χ3n) is 3.38. The van der Waals surface area contributed by atoms with Crippen molar-refractivity contribution in [3.63, 3.8) is 0 Å². The average molecular weight is 267 g/mol. The van der Waals surface area contributed by atoms with Crippen LogP contribution < -0.4 is 5.32 Å². The zero-order valence-corrected chi connectivity index (χ0v) is 13.3. The number of aryl methyl sites for hydroxylation is 2. The summed E-state index contributed by atoms with van der Waals surface area (Å²) in [4.78, 5) is 3.01. The first-order chi connectivity index (χ1) is 8.69. The lowest BCUT2D eigenvalue weighted by Crippen LogP contribution is -2.21. The maximum Gasteiger partial charge on any atom is 0.0417 e. The maximum atomic E-state index is 3.73. The predicted octanol–water partition coefficient (Wildman–Crippen LogP) is 5.38. The van der Waals surface area contributed by atoms with Crippen LogP contribution in [-0.4, -0.2) is 6.54 Å². The minimum Gasteiger partial charge on any atom is -0.309 e. The summed E-state index contributed by atoms with van der Waals surface area (Å²) in [7, 11) is 0. The lowest BCUT2D eigenvalue weighted by Gasteiger charge is -2.18. The second-order valence-electron chi connectivity index (χ2n) is 5.26. The first kappa shape index (κ1) is 15.7. The highest BCUT2D eigenvalue weighted by Crippen LogP contribution is 2.30. The van der Waals surface area contributed by atoms with Gasteiger partial charge in [0.15, 0.2) is 0 Å². The number of rotatable bonds is 9. The molecule has 0 radical (unpaired) electrons. The molecule has 1 atom stereocenters. The molecule has 1 rings (SSSR count). The number of thiophene rings is 1. The molecule has 2 heteroatoms. The molecule has 0 amide bonds. The van der Waals surface area contributed by atoms with Crippen LogP contribution in [0.25, 0.3) is 0 Å². The first-order valence-electron chi connectivity index (χ1n) is 7.49. The molecule has 0 spiro atoms. The van der Waals surface area contributed by atoms with Crippen LogP contribution in [0.1, 0.15) is 73.7 Å². The van der Waals surface area contributed by atoms with E-state index in [-0.39, 0.29) is 0 Å². The number of hydrogen-bond donors (Lipinski definition) is 1. The molecular weight excluding hydrogens is 238 g/mol. The van der Waals surface area contributed by atoms with Crippen molar-refractivity contribution >= 4 is 11.3 Å². The Morgan fingerprint density at radius 3 is 2.44 bits per heavy atom. The summed E-state index contributed by atoms with van der Waals surface area (Å²) in [5.41, 5.74) is 1.47. The van der Waals surface area contributed by atoms with Crippen molar-refractivity contribution in [2.45, 2.75) is 72.3 Å². The van der Waals surface area contributed by atoms with Gasteiger partial charge in [0.2, 0.25) is 0 Å². The molecule has 1 N–H and O–H groups in total. The fraction of sp³-hybridized carbons (Fsp3) is 0.750. The molecule has 1 aromatic rings. The average Bonchev–Trinajstić information content (AvgIpc) is 2.68. The van der Waals surface area contributed by atoms with Gasteiger partial charge in [-0.25, -0.2) is 0 Å². The minimum atomic E-state index is 0.584. The summed E-state index contributed by atoms with van der Waals surface area (Å²) < 4.78 is 0. The van der Waals surface area contributed by atoms with E-state index in [4.69, 9.17) is 0 Å². The molecule has 1 unspecified atom stereocenters. The number of unbranched alkanes of at least 4 members (excludes halogenated alkanes) is 3. The fourth-order valence-electron chi connectivity index (χ4n) is 2.43. The molecule has 0 aliphatic heterocycles. The van der Waals surface area contributed by atoms with Gasteiger partial charge >= 0.3 is 0 Å². The van der Waals surface area contributed by atoms with Crippen LogP contribution in [0.4, 0.5) is 0 Å². The van der Waals surface area contributed by atoms with Crippen molar-refractivity contribution in [1.82, 2.24) is 5.32 Å². The molecule has 0 fully saturated rings. The Kier molecular flexibility index (Phi) is 7.60. The standard InChI is InChI=1S/C16H29NS/c1-5-7-8-9-10-15(17-11-6-2)16-13(3)12-14(4)18-16/h12,15,17H,5-11H2,1-4H3. The van der Waals surface area contributed by atoms with Gasteiger partial charge < -0.3 is 5.32 Å². The molecule has 104 valence electrons. The van der Waals surface area contributed by atoms with E-state index in [0.29, 0.717) is 6.04 Å². The van der Waals surface area contributed by atoms with Gasteiger partial charge in [0.1, 0.15) is 0 Å². The Morgan fingerprint density at radius 1 is 1.11 bits per heavy atom. The second-order valence-corrected chi connectivity index (χ2v) is 6.55. The quantitative estimate of drug-likeness (QED) is 0.593. The smallest absolute Gasteiger partial charge is 0.0417 e. The summed E-state index contributed by atoms with van der Waals surface area (Å²) in [5, 5.41) is 3.73. The highest BCUT2D eigenvalue weighted by Gasteiger charge is 2.15. The van der Waals surface area contributed by atoms with Crippen molar-refractivity contribution in [2.24, 2.45) is 0 Å². The van der Waals surface area contributed by atoms with Crippen molar-refractivity contribution in [3.05, 3.63) is 21.4 Å². The van der Waals surface area contributed by atoms with Crippen LogP contribution in [0, 0.1) is 13.8 Å². The molecule has 1 nitrogen and oxygen atoms in total. The molecule has 0 saturated carbocycles. The van der Waals surface area contributed by atoms with Gasteiger partial charge in [0, 0.05) is 15.8 Å². The van der Waals surface area contributed by atoms with Crippen LogP contribution in [0.3, 0.4) is 0 Å². The second kappa shape index (κ2) is 8.71. The number of nitrogens with one attached hydrogen (secondary N) is 1. The van der Waals surface area contributed by atoms with E-state index in [0.717, 1.165) is 6.54 Å². The minimum absolute atomic E-state index is 0.584. The van der Waals surface area contributed by atoms with Crippen LogP contribution in [0.2, 0.25) is 0 Å². The van der Waals surface area contributed by atoms with E-state index in [1.165, 1.54) is 49.0 Å². The highest BCUT2D eigenvalue weighted by molar-refractivity contribution is 7.12. The lowest BCUT2D eigenvalue weighted by atomic mass is 10.0. The Morgan fingerprint density at radius 2 is 1.89 bits per heavy atom. The van der Waals surface area contributed by atoms with Crippen molar-refractivity contribution in [2.75, 3.05) is 6.54 Å². The lowest BCUT2D eigenvalue weighted by molar-refractivity contribution is 0.475. The Balaban J connectivity index is 2.56. The van der Waals surface area contributed by atoms with Gasteiger partial charge in [-0.3, -0.25) is 0 Å². The van der Waals surface area contributed by atoms with E-state index < -0.39 is 0 Å². The van der Waals surface area contributed by atoms with Crippen LogP contribution in [-0.2, 0) is 0 Å². The van der Waals surface area contributed by atoms with Gasteiger partial charge in [-0.15, -0.1) is 11.3 Å². The van der Waals surface area contributed by atoms with E-state index in [1.54, 1.807) is 4.88 Å². The fourth-order valence-corrected chi connectivity index (χ4v) is 3.57. The van der Waals surface area contributed by atoms with Crippen molar-refractivity contribution in [3.8, 4) is 0 Å². The summed E-state index contributed by atoms with van der Waals surface area (Å²) in [6.45, 7) is 10.1. The topological polar surface area (TPSA) is 12.0 Å². The normalized spacial score (nSPS) is 12.9.